The van der Waals surface area contributed by atoms with Crippen LogP contribution in [-0.2, 0) is 6.42 Å². The molecule has 0 aromatic carbocycles. The SMILES string of the molecule is CCCc1nccn1-c1ncnc(NN)c1[N+](=O)[O-]. The summed E-state index contributed by atoms with van der Waals surface area (Å²) in [5, 5.41) is 11.2. The van der Waals surface area contributed by atoms with Crippen molar-refractivity contribution in [2.75, 3.05) is 5.43 Å². The van der Waals surface area contributed by atoms with Crippen LogP contribution in [0, 0.1) is 10.1 Å². The van der Waals surface area contributed by atoms with Gasteiger partial charge in [-0.3, -0.25) is 14.7 Å². The largest absolute Gasteiger partial charge is 0.355 e. The summed E-state index contributed by atoms with van der Waals surface area (Å²) in [4.78, 5) is 22.5. The van der Waals surface area contributed by atoms with E-state index in [0.717, 1.165) is 6.42 Å². The van der Waals surface area contributed by atoms with Crippen LogP contribution in [0.15, 0.2) is 18.7 Å². The summed E-state index contributed by atoms with van der Waals surface area (Å²) < 4.78 is 1.57. The third kappa shape index (κ3) is 2.36. The predicted molar refractivity (Wildman–Crippen MR) is 67.6 cm³/mol. The Balaban J connectivity index is 2.61. The Labute approximate surface area is 108 Å². The molecule has 0 bridgehead atoms. The van der Waals surface area contributed by atoms with Crippen LogP contribution in [0.25, 0.3) is 5.82 Å². The van der Waals surface area contributed by atoms with Gasteiger partial charge in [0.25, 0.3) is 0 Å². The number of hydrogen-bond donors (Lipinski definition) is 2. The molecule has 0 aliphatic rings. The van der Waals surface area contributed by atoms with Crippen molar-refractivity contribution in [3.05, 3.63) is 34.7 Å². The van der Waals surface area contributed by atoms with Gasteiger partial charge in [-0.2, -0.15) is 0 Å². The average molecular weight is 263 g/mol. The van der Waals surface area contributed by atoms with Crippen LogP contribution >= 0.6 is 0 Å². The van der Waals surface area contributed by atoms with E-state index in [0.29, 0.717) is 12.2 Å². The Morgan fingerprint density at radius 3 is 2.89 bits per heavy atom. The van der Waals surface area contributed by atoms with E-state index in [-0.39, 0.29) is 17.3 Å². The molecule has 0 spiro atoms. The lowest BCUT2D eigenvalue weighted by Gasteiger charge is -2.08. The van der Waals surface area contributed by atoms with Gasteiger partial charge in [-0.15, -0.1) is 0 Å². The van der Waals surface area contributed by atoms with Gasteiger partial charge < -0.3 is 5.43 Å². The zero-order chi connectivity index (χ0) is 13.8. The molecule has 9 heteroatoms. The van der Waals surface area contributed by atoms with E-state index >= 15 is 0 Å². The molecule has 0 aliphatic carbocycles. The van der Waals surface area contributed by atoms with Crippen LogP contribution in [0.1, 0.15) is 19.2 Å². The molecule has 0 fully saturated rings. The van der Waals surface area contributed by atoms with E-state index in [1.807, 2.05) is 6.92 Å². The Morgan fingerprint density at radius 1 is 1.47 bits per heavy atom. The number of anilines is 1. The van der Waals surface area contributed by atoms with Crippen LogP contribution in [-0.4, -0.2) is 24.4 Å². The first-order chi connectivity index (χ1) is 9.19. The average Bonchev–Trinajstić information content (AvgIpc) is 2.86. The van der Waals surface area contributed by atoms with Gasteiger partial charge in [-0.25, -0.2) is 20.8 Å². The predicted octanol–water partition coefficient (Wildman–Crippen LogP) is 0.809. The number of nitrogens with two attached hydrogens (primary N) is 1. The van der Waals surface area contributed by atoms with Gasteiger partial charge in [0.2, 0.25) is 11.6 Å². The molecule has 2 aromatic heterocycles. The maximum Gasteiger partial charge on any atom is 0.355 e. The highest BCUT2D eigenvalue weighted by Crippen LogP contribution is 2.27. The first-order valence-electron chi connectivity index (χ1n) is 5.67. The molecule has 0 amide bonds. The molecule has 0 aliphatic heterocycles. The van der Waals surface area contributed by atoms with E-state index in [2.05, 4.69) is 20.4 Å². The van der Waals surface area contributed by atoms with E-state index < -0.39 is 4.92 Å². The molecule has 9 nitrogen and oxygen atoms in total. The van der Waals surface area contributed by atoms with Crippen LogP contribution in [0.4, 0.5) is 11.5 Å². The molecule has 0 saturated carbocycles. The number of nitrogens with one attached hydrogen (secondary N) is 1. The second-order valence-electron chi connectivity index (χ2n) is 3.76. The number of nitrogens with zero attached hydrogens (tertiary/aromatic N) is 5. The molecule has 0 radical (unpaired) electrons. The molecule has 19 heavy (non-hydrogen) atoms. The van der Waals surface area contributed by atoms with Crippen LogP contribution in [0.3, 0.4) is 0 Å². The Hall–Kier alpha value is -2.55. The first-order valence-corrected chi connectivity index (χ1v) is 5.67. The zero-order valence-corrected chi connectivity index (χ0v) is 10.3. The number of hydrazine groups is 1. The fourth-order valence-corrected chi connectivity index (χ4v) is 1.76. The van der Waals surface area contributed by atoms with Gasteiger partial charge in [0, 0.05) is 18.8 Å². The minimum absolute atomic E-state index is 0.0360. The highest BCUT2D eigenvalue weighted by atomic mass is 16.6. The molecule has 0 atom stereocenters. The van der Waals surface area contributed by atoms with Crippen molar-refractivity contribution in [1.82, 2.24) is 19.5 Å². The van der Waals surface area contributed by atoms with Crippen molar-refractivity contribution in [3.63, 3.8) is 0 Å². The summed E-state index contributed by atoms with van der Waals surface area (Å²) in [6.45, 7) is 2.00. The molecular formula is C10H13N7O2. The second-order valence-corrected chi connectivity index (χ2v) is 3.76. The van der Waals surface area contributed by atoms with Crippen LogP contribution < -0.4 is 11.3 Å². The van der Waals surface area contributed by atoms with E-state index in [1.165, 1.54) is 6.33 Å². The number of imidazole rings is 1. The lowest BCUT2D eigenvalue weighted by Crippen LogP contribution is -2.14. The Bertz CT molecular complexity index is 595. The lowest BCUT2D eigenvalue weighted by molar-refractivity contribution is -0.384. The van der Waals surface area contributed by atoms with Gasteiger partial charge in [0.05, 0.1) is 4.92 Å². The van der Waals surface area contributed by atoms with Gasteiger partial charge in [0.1, 0.15) is 12.2 Å². The monoisotopic (exact) mass is 263 g/mol. The standard InChI is InChI=1S/C10H13N7O2/c1-2-3-7-12-4-5-16(7)10-8(17(18)19)9(15-11)13-6-14-10/h4-6H,2-3,11H2,1H3,(H,13,14,15). The van der Waals surface area contributed by atoms with Gasteiger partial charge >= 0.3 is 5.69 Å². The maximum atomic E-state index is 11.2. The molecule has 100 valence electrons. The number of hydrogen-bond acceptors (Lipinski definition) is 7. The maximum absolute atomic E-state index is 11.2. The molecule has 3 N–H and O–H groups in total. The lowest BCUT2D eigenvalue weighted by atomic mass is 10.3. The Morgan fingerprint density at radius 2 is 2.26 bits per heavy atom. The minimum atomic E-state index is -0.569. The van der Waals surface area contributed by atoms with Gasteiger partial charge in [-0.05, 0) is 6.42 Å². The molecule has 2 rings (SSSR count). The third-order valence-corrected chi connectivity index (χ3v) is 2.54. The third-order valence-electron chi connectivity index (χ3n) is 2.54. The first kappa shape index (κ1) is 12.9. The Kier molecular flexibility index (Phi) is 3.66. The van der Waals surface area contributed by atoms with E-state index in [1.54, 1.807) is 17.0 Å². The van der Waals surface area contributed by atoms with Crippen molar-refractivity contribution in [2.45, 2.75) is 19.8 Å². The number of aromatic nitrogens is 4. The number of nitrogen functional groups attached to an aromatic ring is 1. The number of nitro groups is 1. The normalized spacial score (nSPS) is 10.4. The summed E-state index contributed by atoms with van der Waals surface area (Å²) in [6.07, 6.45) is 5.98. The molecule has 0 saturated heterocycles. The molecule has 2 aromatic rings. The van der Waals surface area contributed by atoms with E-state index in [4.69, 9.17) is 5.84 Å². The summed E-state index contributed by atoms with van der Waals surface area (Å²) >= 11 is 0. The summed E-state index contributed by atoms with van der Waals surface area (Å²) in [7, 11) is 0. The topological polar surface area (TPSA) is 125 Å². The summed E-state index contributed by atoms with van der Waals surface area (Å²) in [5.41, 5.74) is 1.93. The van der Waals surface area contributed by atoms with Crippen molar-refractivity contribution in [3.8, 4) is 5.82 Å². The van der Waals surface area contributed by atoms with E-state index in [9.17, 15) is 10.1 Å². The minimum Gasteiger partial charge on any atom is -0.303 e. The number of rotatable bonds is 5. The highest BCUT2D eigenvalue weighted by Gasteiger charge is 2.24. The van der Waals surface area contributed by atoms with Crippen LogP contribution in [0.2, 0.25) is 0 Å². The highest BCUT2D eigenvalue weighted by molar-refractivity contribution is 5.63. The van der Waals surface area contributed by atoms with Gasteiger partial charge in [-0.1, -0.05) is 6.92 Å². The van der Waals surface area contributed by atoms with Gasteiger partial charge in [0.15, 0.2) is 0 Å². The quantitative estimate of drug-likeness (QED) is 0.464. The smallest absolute Gasteiger partial charge is 0.303 e. The van der Waals surface area contributed by atoms with Crippen molar-refractivity contribution in [1.29, 1.82) is 0 Å². The fraction of sp³-hybridized carbons (Fsp3) is 0.300. The summed E-state index contributed by atoms with van der Waals surface area (Å²) in [6, 6.07) is 0. The molecule has 0 unspecified atom stereocenters. The molecule has 2 heterocycles. The number of aryl methyl sites for hydroxylation is 1. The second kappa shape index (κ2) is 5.40. The molecular weight excluding hydrogens is 250 g/mol. The zero-order valence-electron chi connectivity index (χ0n) is 10.3. The van der Waals surface area contributed by atoms with Crippen LogP contribution in [0.5, 0.6) is 0 Å². The summed E-state index contributed by atoms with van der Waals surface area (Å²) in [5.74, 6) is 6.05. The van der Waals surface area contributed by atoms with Crippen molar-refractivity contribution >= 4 is 11.5 Å². The van der Waals surface area contributed by atoms with Crippen molar-refractivity contribution in [2.24, 2.45) is 5.84 Å². The van der Waals surface area contributed by atoms with Crippen molar-refractivity contribution < 1.29 is 4.92 Å². The fourth-order valence-electron chi connectivity index (χ4n) is 1.76.